The Kier molecular flexibility index (Phi) is 6.65. The number of hydrogen-bond donors (Lipinski definition) is 1. The lowest BCUT2D eigenvalue weighted by atomic mass is 9.98. The summed E-state index contributed by atoms with van der Waals surface area (Å²) in [7, 11) is 0. The van der Waals surface area contributed by atoms with E-state index in [-0.39, 0.29) is 17.9 Å². The molecule has 36 heavy (non-hydrogen) atoms. The second-order valence-electron chi connectivity index (χ2n) is 8.41. The predicted octanol–water partition coefficient (Wildman–Crippen LogP) is 6.68. The van der Waals surface area contributed by atoms with Crippen LogP contribution in [0.3, 0.4) is 0 Å². The maximum atomic E-state index is 12.9. The van der Waals surface area contributed by atoms with Crippen LogP contribution in [0.4, 0.5) is 0 Å². The number of rotatable bonds is 6. The van der Waals surface area contributed by atoms with Crippen LogP contribution >= 0.6 is 11.6 Å². The Hall–Kier alpha value is -4.22. The van der Waals surface area contributed by atoms with E-state index in [0.29, 0.717) is 22.7 Å². The van der Waals surface area contributed by atoms with E-state index >= 15 is 0 Å². The monoisotopic (exact) mass is 494 g/mol. The number of halogens is 1. The van der Waals surface area contributed by atoms with Gasteiger partial charge in [0.25, 0.3) is 5.56 Å². The number of carbonyl (C=O) groups excluding carboxylic acids is 1. The van der Waals surface area contributed by atoms with Crippen molar-refractivity contribution in [3.63, 3.8) is 0 Å². The number of pyridine rings is 2. The zero-order valence-corrected chi connectivity index (χ0v) is 20.4. The van der Waals surface area contributed by atoms with Crippen molar-refractivity contribution in [3.8, 4) is 33.5 Å². The fraction of sp³-hybridized carbons (Fsp3) is 0.100. The van der Waals surface area contributed by atoms with Crippen LogP contribution in [0.2, 0.25) is 5.02 Å². The molecule has 0 radical (unpaired) electrons. The number of benzene rings is 3. The highest BCUT2D eigenvalue weighted by Gasteiger charge is 2.12. The fourth-order valence-electron chi connectivity index (χ4n) is 4.25. The topological polar surface area (TPSA) is 72.0 Å². The molecule has 0 aliphatic carbocycles. The lowest BCUT2D eigenvalue weighted by Crippen LogP contribution is -2.10. The number of hydrogen-bond acceptors (Lipinski definition) is 4. The molecule has 0 saturated heterocycles. The van der Waals surface area contributed by atoms with Crippen LogP contribution < -0.4 is 5.56 Å². The average Bonchev–Trinajstić information content (AvgIpc) is 2.89. The summed E-state index contributed by atoms with van der Waals surface area (Å²) in [4.78, 5) is 32.2. The van der Waals surface area contributed by atoms with Gasteiger partial charge in [0.2, 0.25) is 0 Å². The number of esters is 1. The van der Waals surface area contributed by atoms with E-state index < -0.39 is 0 Å². The van der Waals surface area contributed by atoms with Gasteiger partial charge in [-0.1, -0.05) is 66.2 Å². The van der Waals surface area contributed by atoms with Crippen LogP contribution in [-0.4, -0.2) is 22.5 Å². The molecule has 1 N–H and O–H groups in total. The minimum atomic E-state index is -0.296. The molecular formula is C30H23ClN2O3. The van der Waals surface area contributed by atoms with Crippen molar-refractivity contribution >= 4 is 28.5 Å². The first-order chi connectivity index (χ1) is 17.5. The van der Waals surface area contributed by atoms with E-state index in [1.54, 1.807) is 19.2 Å². The second-order valence-corrected chi connectivity index (χ2v) is 8.81. The zero-order valence-electron chi connectivity index (χ0n) is 19.6. The van der Waals surface area contributed by atoms with E-state index in [1.807, 2.05) is 78.9 Å². The number of aromatic nitrogens is 2. The molecule has 0 unspecified atom stereocenters. The number of carbonyl (C=O) groups is 1. The van der Waals surface area contributed by atoms with Crippen LogP contribution in [0.1, 0.15) is 12.5 Å². The smallest absolute Gasteiger partial charge is 0.310 e. The lowest BCUT2D eigenvalue weighted by Gasteiger charge is -2.10. The molecule has 2 aromatic heterocycles. The Balaban J connectivity index is 1.52. The molecule has 5 aromatic rings. The predicted molar refractivity (Wildman–Crippen MR) is 144 cm³/mol. The summed E-state index contributed by atoms with van der Waals surface area (Å²) in [6.07, 6.45) is 1.93. The maximum Gasteiger partial charge on any atom is 0.310 e. The Labute approximate surface area is 213 Å². The van der Waals surface area contributed by atoms with Crippen molar-refractivity contribution in [1.82, 2.24) is 9.97 Å². The van der Waals surface area contributed by atoms with Crippen LogP contribution in [0.15, 0.2) is 95.9 Å². The summed E-state index contributed by atoms with van der Waals surface area (Å²) < 4.78 is 5.05. The molecule has 6 heteroatoms. The zero-order chi connectivity index (χ0) is 25.1. The SMILES string of the molecule is CCOC(=O)Cc1cccc(-c2cc3cc(-c4ccc(-c5ccccn5)cc4)c(Cl)cc3[nH]c2=O)c1. The molecule has 178 valence electrons. The Bertz CT molecular complexity index is 1610. The van der Waals surface area contributed by atoms with E-state index in [0.717, 1.165) is 38.9 Å². The van der Waals surface area contributed by atoms with Crippen molar-refractivity contribution in [1.29, 1.82) is 0 Å². The largest absolute Gasteiger partial charge is 0.466 e. The maximum absolute atomic E-state index is 12.9. The fourth-order valence-corrected chi connectivity index (χ4v) is 4.52. The Morgan fingerprint density at radius 3 is 2.42 bits per heavy atom. The molecule has 0 bridgehead atoms. The van der Waals surface area contributed by atoms with Gasteiger partial charge in [0, 0.05) is 28.4 Å². The standard InChI is InChI=1S/C30H23ClN2O3/c1-2-36-29(34)15-19-6-5-7-22(14-19)25-17-23-16-24(26(31)18-28(23)33-30(25)35)20-9-11-21(12-10-20)27-8-3-4-13-32-27/h3-14,16-18H,2,15H2,1H3,(H,33,35). The van der Waals surface area contributed by atoms with Crippen molar-refractivity contribution in [2.24, 2.45) is 0 Å². The summed E-state index contributed by atoms with van der Waals surface area (Å²) in [6.45, 7) is 2.11. The average molecular weight is 495 g/mol. The van der Waals surface area contributed by atoms with Crippen molar-refractivity contribution in [2.75, 3.05) is 6.61 Å². The van der Waals surface area contributed by atoms with Gasteiger partial charge in [-0.3, -0.25) is 14.6 Å². The van der Waals surface area contributed by atoms with Gasteiger partial charge in [0.15, 0.2) is 0 Å². The Morgan fingerprint density at radius 1 is 0.889 bits per heavy atom. The van der Waals surface area contributed by atoms with Gasteiger partial charge >= 0.3 is 5.97 Å². The number of aromatic amines is 1. The molecule has 0 fully saturated rings. The summed E-state index contributed by atoms with van der Waals surface area (Å²) in [6, 6.07) is 26.9. The number of H-pyrrole nitrogens is 1. The molecule has 0 aliphatic rings. The molecule has 0 atom stereocenters. The number of fused-ring (bicyclic) bond motifs is 1. The normalized spacial score (nSPS) is 10.9. The highest BCUT2D eigenvalue weighted by Crippen LogP contribution is 2.33. The van der Waals surface area contributed by atoms with Crippen molar-refractivity contribution in [2.45, 2.75) is 13.3 Å². The van der Waals surface area contributed by atoms with E-state index in [9.17, 15) is 9.59 Å². The summed E-state index contributed by atoms with van der Waals surface area (Å²) in [5.41, 5.74) is 6.23. The molecule has 0 spiro atoms. The third-order valence-electron chi connectivity index (χ3n) is 5.98. The summed E-state index contributed by atoms with van der Waals surface area (Å²) in [5, 5.41) is 1.40. The molecule has 0 saturated carbocycles. The van der Waals surface area contributed by atoms with Gasteiger partial charge in [0.05, 0.1) is 23.7 Å². The molecule has 0 aliphatic heterocycles. The number of nitrogens with zero attached hydrogens (tertiary/aromatic N) is 1. The summed E-state index contributed by atoms with van der Waals surface area (Å²) >= 11 is 6.62. The van der Waals surface area contributed by atoms with Gasteiger partial charge in [-0.2, -0.15) is 0 Å². The Morgan fingerprint density at radius 2 is 1.67 bits per heavy atom. The van der Waals surface area contributed by atoms with Crippen LogP contribution in [-0.2, 0) is 16.0 Å². The molecular weight excluding hydrogens is 472 g/mol. The first kappa shape index (κ1) is 23.5. The molecule has 5 rings (SSSR count). The van der Waals surface area contributed by atoms with E-state index in [2.05, 4.69) is 9.97 Å². The minimum Gasteiger partial charge on any atom is -0.466 e. The third kappa shape index (κ3) is 4.92. The van der Waals surface area contributed by atoms with Gasteiger partial charge in [-0.15, -0.1) is 0 Å². The highest BCUT2D eigenvalue weighted by atomic mass is 35.5. The number of ether oxygens (including phenoxy) is 1. The van der Waals surface area contributed by atoms with Gasteiger partial charge in [-0.25, -0.2) is 0 Å². The van der Waals surface area contributed by atoms with Crippen LogP contribution in [0.5, 0.6) is 0 Å². The molecule has 2 heterocycles. The molecule has 5 nitrogen and oxygen atoms in total. The van der Waals surface area contributed by atoms with Crippen molar-refractivity contribution in [3.05, 3.63) is 112 Å². The highest BCUT2D eigenvalue weighted by molar-refractivity contribution is 6.34. The van der Waals surface area contributed by atoms with Gasteiger partial charge in [0.1, 0.15) is 0 Å². The van der Waals surface area contributed by atoms with Gasteiger partial charge in [-0.05, 0) is 59.3 Å². The van der Waals surface area contributed by atoms with Gasteiger partial charge < -0.3 is 9.72 Å². The quantitative estimate of drug-likeness (QED) is 0.267. The van der Waals surface area contributed by atoms with Crippen molar-refractivity contribution < 1.29 is 9.53 Å². The molecule has 0 amide bonds. The lowest BCUT2D eigenvalue weighted by molar-refractivity contribution is -0.142. The van der Waals surface area contributed by atoms with Crippen LogP contribution in [0.25, 0.3) is 44.4 Å². The molecule has 3 aromatic carbocycles. The number of nitrogens with one attached hydrogen (secondary N) is 1. The third-order valence-corrected chi connectivity index (χ3v) is 6.29. The van der Waals surface area contributed by atoms with E-state index in [4.69, 9.17) is 16.3 Å². The second kappa shape index (κ2) is 10.2. The first-order valence-corrected chi connectivity index (χ1v) is 12.0. The first-order valence-electron chi connectivity index (χ1n) is 11.6. The van der Waals surface area contributed by atoms with Crippen LogP contribution in [0, 0.1) is 0 Å². The minimum absolute atomic E-state index is 0.154. The summed E-state index contributed by atoms with van der Waals surface area (Å²) in [5.74, 6) is -0.296. The van der Waals surface area contributed by atoms with E-state index in [1.165, 1.54) is 0 Å².